The molecule has 0 aromatic heterocycles. The van der Waals surface area contributed by atoms with Gasteiger partial charge in [-0.3, -0.25) is 4.90 Å². The Bertz CT molecular complexity index is 1030. The number of anilines is 2. The van der Waals surface area contributed by atoms with Gasteiger partial charge in [0.1, 0.15) is 0 Å². The second kappa shape index (κ2) is 6.99. The molecule has 0 saturated heterocycles. The summed E-state index contributed by atoms with van der Waals surface area (Å²) in [6, 6.07) is 21.7. The smallest absolute Gasteiger partial charge is 0.323 e. The molecule has 0 saturated carbocycles. The SMILES string of the molecule is NC(=O)N(c1ccccc1)c1ccc(-c2ccccc2S(N)(=O)=O)cc1. The fraction of sp³-hybridized carbons (Fsp3) is 0. The van der Waals surface area contributed by atoms with E-state index < -0.39 is 16.1 Å². The highest BCUT2D eigenvalue weighted by atomic mass is 32.2. The molecule has 0 heterocycles. The van der Waals surface area contributed by atoms with E-state index in [0.29, 0.717) is 22.5 Å². The number of carbonyl (C=O) groups is 1. The van der Waals surface area contributed by atoms with E-state index in [2.05, 4.69) is 0 Å². The van der Waals surface area contributed by atoms with Crippen molar-refractivity contribution < 1.29 is 13.2 Å². The van der Waals surface area contributed by atoms with Gasteiger partial charge in [-0.25, -0.2) is 18.4 Å². The number of primary sulfonamides is 1. The molecule has 0 radical (unpaired) electrons. The van der Waals surface area contributed by atoms with Gasteiger partial charge < -0.3 is 5.73 Å². The van der Waals surface area contributed by atoms with Gasteiger partial charge in [-0.15, -0.1) is 0 Å². The van der Waals surface area contributed by atoms with Crippen LogP contribution in [0.5, 0.6) is 0 Å². The average molecular weight is 367 g/mol. The fourth-order valence-corrected chi connectivity index (χ4v) is 3.48. The third kappa shape index (κ3) is 3.58. The number of para-hydroxylation sites is 1. The van der Waals surface area contributed by atoms with Crippen molar-refractivity contribution in [2.24, 2.45) is 10.9 Å². The van der Waals surface area contributed by atoms with Gasteiger partial charge in [0, 0.05) is 5.56 Å². The van der Waals surface area contributed by atoms with Crippen molar-refractivity contribution in [2.45, 2.75) is 4.90 Å². The Balaban J connectivity index is 2.03. The minimum absolute atomic E-state index is 0.0440. The first kappa shape index (κ1) is 17.7. The van der Waals surface area contributed by atoms with Gasteiger partial charge in [0.25, 0.3) is 0 Å². The lowest BCUT2D eigenvalue weighted by Gasteiger charge is -2.21. The number of nitrogens with two attached hydrogens (primary N) is 2. The Hall–Kier alpha value is -3.16. The average Bonchev–Trinajstić information content (AvgIpc) is 2.62. The van der Waals surface area contributed by atoms with Crippen LogP contribution in [0.25, 0.3) is 11.1 Å². The molecule has 0 aliphatic rings. The van der Waals surface area contributed by atoms with Crippen LogP contribution in [0, 0.1) is 0 Å². The van der Waals surface area contributed by atoms with Crippen molar-refractivity contribution in [3.05, 3.63) is 78.9 Å². The standard InChI is InChI=1S/C19H17N3O3S/c20-19(23)22(15-6-2-1-3-7-15)16-12-10-14(11-13-16)17-8-4-5-9-18(17)26(21,24)25/h1-13H,(H2,20,23)(H2,21,24,25). The number of hydrogen-bond donors (Lipinski definition) is 2. The number of hydrogen-bond acceptors (Lipinski definition) is 3. The first-order valence-corrected chi connectivity index (χ1v) is 9.29. The highest BCUT2D eigenvalue weighted by molar-refractivity contribution is 7.89. The van der Waals surface area contributed by atoms with E-state index in [0.717, 1.165) is 0 Å². The van der Waals surface area contributed by atoms with Crippen LogP contribution >= 0.6 is 0 Å². The van der Waals surface area contributed by atoms with Gasteiger partial charge in [-0.05, 0) is 35.9 Å². The zero-order chi connectivity index (χ0) is 18.7. The third-order valence-electron chi connectivity index (χ3n) is 3.86. The lowest BCUT2D eigenvalue weighted by Crippen LogP contribution is -2.31. The molecule has 132 valence electrons. The summed E-state index contributed by atoms with van der Waals surface area (Å²) in [7, 11) is -3.85. The molecule has 7 heteroatoms. The van der Waals surface area contributed by atoms with Crippen molar-refractivity contribution in [3.8, 4) is 11.1 Å². The lowest BCUT2D eigenvalue weighted by molar-refractivity contribution is 0.256. The number of urea groups is 1. The molecule has 6 nitrogen and oxygen atoms in total. The number of amides is 2. The van der Waals surface area contributed by atoms with Crippen LogP contribution in [-0.4, -0.2) is 14.4 Å². The molecular formula is C19H17N3O3S. The van der Waals surface area contributed by atoms with Crippen LogP contribution < -0.4 is 15.8 Å². The Labute approximate surface area is 151 Å². The summed E-state index contributed by atoms with van der Waals surface area (Å²) in [6.45, 7) is 0. The monoisotopic (exact) mass is 367 g/mol. The predicted octanol–water partition coefficient (Wildman–Crippen LogP) is 3.22. The molecular weight excluding hydrogens is 350 g/mol. The zero-order valence-corrected chi connectivity index (χ0v) is 14.6. The van der Waals surface area contributed by atoms with Gasteiger partial charge in [0.2, 0.25) is 10.0 Å². The molecule has 0 fully saturated rings. The molecule has 26 heavy (non-hydrogen) atoms. The van der Waals surface area contributed by atoms with Crippen LogP contribution in [-0.2, 0) is 10.0 Å². The molecule has 3 aromatic carbocycles. The van der Waals surface area contributed by atoms with Crippen molar-refractivity contribution in [1.29, 1.82) is 0 Å². The summed E-state index contributed by atoms with van der Waals surface area (Å²) >= 11 is 0. The maximum Gasteiger partial charge on any atom is 0.323 e. The number of benzene rings is 3. The Morgan fingerprint density at radius 3 is 1.88 bits per heavy atom. The summed E-state index contributed by atoms with van der Waals surface area (Å²) < 4.78 is 23.6. The third-order valence-corrected chi connectivity index (χ3v) is 4.83. The molecule has 0 aliphatic carbocycles. The van der Waals surface area contributed by atoms with Gasteiger partial charge >= 0.3 is 6.03 Å². The van der Waals surface area contributed by atoms with Crippen molar-refractivity contribution in [3.63, 3.8) is 0 Å². The topological polar surface area (TPSA) is 106 Å². The highest BCUT2D eigenvalue weighted by Crippen LogP contribution is 2.30. The van der Waals surface area contributed by atoms with Crippen molar-refractivity contribution in [2.75, 3.05) is 4.90 Å². The van der Waals surface area contributed by atoms with E-state index in [1.54, 1.807) is 54.6 Å². The quantitative estimate of drug-likeness (QED) is 0.739. The van der Waals surface area contributed by atoms with E-state index in [1.807, 2.05) is 18.2 Å². The van der Waals surface area contributed by atoms with Crippen molar-refractivity contribution in [1.82, 2.24) is 0 Å². The predicted molar refractivity (Wildman–Crippen MR) is 101 cm³/mol. The minimum atomic E-state index is -3.85. The maximum atomic E-state index is 11.9. The summed E-state index contributed by atoms with van der Waals surface area (Å²) in [6.07, 6.45) is 0. The zero-order valence-electron chi connectivity index (χ0n) is 13.7. The number of rotatable bonds is 4. The molecule has 0 spiro atoms. The van der Waals surface area contributed by atoms with Crippen LogP contribution in [0.15, 0.2) is 83.8 Å². The summed E-state index contributed by atoms with van der Waals surface area (Å²) in [5, 5.41) is 5.29. The van der Waals surface area contributed by atoms with Gasteiger partial charge in [-0.1, -0.05) is 48.5 Å². The Kier molecular flexibility index (Phi) is 4.75. The number of carbonyl (C=O) groups excluding carboxylic acids is 1. The van der Waals surface area contributed by atoms with E-state index in [1.165, 1.54) is 11.0 Å². The van der Waals surface area contributed by atoms with E-state index in [-0.39, 0.29) is 4.90 Å². The summed E-state index contributed by atoms with van der Waals surface area (Å²) in [5.41, 5.74) is 7.88. The minimum Gasteiger partial charge on any atom is -0.351 e. The first-order valence-electron chi connectivity index (χ1n) is 7.75. The normalized spacial score (nSPS) is 11.1. The highest BCUT2D eigenvalue weighted by Gasteiger charge is 2.17. The van der Waals surface area contributed by atoms with Gasteiger partial charge in [-0.2, -0.15) is 0 Å². The Morgan fingerprint density at radius 2 is 1.31 bits per heavy atom. The molecule has 0 bridgehead atoms. The number of primary amides is 1. The number of sulfonamides is 1. The van der Waals surface area contributed by atoms with Gasteiger partial charge in [0.05, 0.1) is 16.3 Å². The molecule has 0 atom stereocenters. The van der Waals surface area contributed by atoms with E-state index >= 15 is 0 Å². The molecule has 0 unspecified atom stereocenters. The fourth-order valence-electron chi connectivity index (χ4n) is 2.72. The summed E-state index contributed by atoms with van der Waals surface area (Å²) in [5.74, 6) is 0. The van der Waals surface area contributed by atoms with Crippen molar-refractivity contribution >= 4 is 27.4 Å². The second-order valence-electron chi connectivity index (χ2n) is 5.60. The van der Waals surface area contributed by atoms with Crippen LogP contribution in [0.2, 0.25) is 0 Å². The largest absolute Gasteiger partial charge is 0.351 e. The van der Waals surface area contributed by atoms with E-state index in [9.17, 15) is 13.2 Å². The second-order valence-corrected chi connectivity index (χ2v) is 7.13. The van der Waals surface area contributed by atoms with Crippen LogP contribution in [0.1, 0.15) is 0 Å². The Morgan fingerprint density at radius 1 is 0.769 bits per heavy atom. The van der Waals surface area contributed by atoms with Gasteiger partial charge in [0.15, 0.2) is 0 Å². The molecule has 3 aromatic rings. The molecule has 3 rings (SSSR count). The molecule has 0 aliphatic heterocycles. The van der Waals surface area contributed by atoms with E-state index in [4.69, 9.17) is 10.9 Å². The first-order chi connectivity index (χ1) is 12.4. The lowest BCUT2D eigenvalue weighted by atomic mass is 10.1. The molecule has 4 N–H and O–H groups in total. The maximum absolute atomic E-state index is 11.9. The van der Waals surface area contributed by atoms with Crippen LogP contribution in [0.3, 0.4) is 0 Å². The molecule has 2 amide bonds. The van der Waals surface area contributed by atoms with Crippen LogP contribution in [0.4, 0.5) is 16.2 Å². The summed E-state index contributed by atoms with van der Waals surface area (Å²) in [4.78, 5) is 13.3. The number of nitrogens with zero attached hydrogens (tertiary/aromatic N) is 1.